The predicted octanol–water partition coefficient (Wildman–Crippen LogP) is 1.93. The summed E-state index contributed by atoms with van der Waals surface area (Å²) >= 11 is 0. The van der Waals surface area contributed by atoms with Crippen LogP contribution in [0.2, 0.25) is 0 Å². The van der Waals surface area contributed by atoms with Gasteiger partial charge in [0.15, 0.2) is 6.10 Å². The summed E-state index contributed by atoms with van der Waals surface area (Å²) in [5, 5.41) is -4.58. The van der Waals surface area contributed by atoms with E-state index in [0.29, 0.717) is 26.2 Å². The molecule has 0 aromatic carbocycles. The van der Waals surface area contributed by atoms with E-state index in [1.54, 1.807) is 0 Å². The lowest BCUT2D eigenvalue weighted by Gasteiger charge is -2.28. The first-order valence-electron chi connectivity index (χ1n) is 7.76. The van der Waals surface area contributed by atoms with Crippen LogP contribution in [-0.2, 0) is 29.2 Å². The number of halogens is 2. The first-order valence-corrected chi connectivity index (χ1v) is 9.20. The number of hydrogen-bond donors (Lipinski definition) is 1. The molecule has 0 saturated heterocycles. The standard InChI is InChI=1S/C15H20F2O7S/c1-7(2)13(18)24-12-6-9-4-10(12)5-11(9)14(19)23-8(3)15(16,17)25(20,21)22/h8-12H,1,4-6H2,2-3H3,(H,20,21,22). The van der Waals surface area contributed by atoms with Crippen molar-refractivity contribution < 1.29 is 40.8 Å². The predicted molar refractivity (Wildman–Crippen MR) is 81.1 cm³/mol. The maximum Gasteiger partial charge on any atom is 0.405 e. The molecule has 2 saturated carbocycles. The zero-order chi connectivity index (χ0) is 19.2. The van der Waals surface area contributed by atoms with Gasteiger partial charge in [-0.2, -0.15) is 17.2 Å². The van der Waals surface area contributed by atoms with Gasteiger partial charge in [0, 0.05) is 5.57 Å². The van der Waals surface area contributed by atoms with E-state index in [9.17, 15) is 26.8 Å². The van der Waals surface area contributed by atoms with Crippen molar-refractivity contribution in [2.24, 2.45) is 17.8 Å². The second kappa shape index (κ2) is 6.64. The maximum absolute atomic E-state index is 13.5. The van der Waals surface area contributed by atoms with Crippen LogP contribution in [0.5, 0.6) is 0 Å². The van der Waals surface area contributed by atoms with Crippen molar-refractivity contribution in [2.45, 2.75) is 50.6 Å². The average Bonchev–Trinajstić information content (AvgIpc) is 3.05. The number of carbonyl (C=O) groups excluding carboxylic acids is 2. The smallest absolute Gasteiger partial charge is 0.405 e. The van der Waals surface area contributed by atoms with Crippen molar-refractivity contribution >= 4 is 22.1 Å². The van der Waals surface area contributed by atoms with E-state index in [1.807, 2.05) is 0 Å². The quantitative estimate of drug-likeness (QED) is 0.425. The number of rotatable bonds is 6. The minimum Gasteiger partial charge on any atom is -0.459 e. The highest BCUT2D eigenvalue weighted by atomic mass is 32.2. The number of esters is 2. The molecular weight excluding hydrogens is 362 g/mol. The average molecular weight is 382 g/mol. The molecule has 5 unspecified atom stereocenters. The Hall–Kier alpha value is -1.55. The number of fused-ring (bicyclic) bond motifs is 2. The minimum absolute atomic E-state index is 0.0803. The molecule has 142 valence electrons. The Balaban J connectivity index is 1.95. The van der Waals surface area contributed by atoms with E-state index in [-0.39, 0.29) is 23.5 Å². The van der Waals surface area contributed by atoms with Crippen LogP contribution in [0.1, 0.15) is 33.1 Å². The summed E-state index contributed by atoms with van der Waals surface area (Å²) in [4.78, 5) is 23.7. The molecule has 1 N–H and O–H groups in total. The summed E-state index contributed by atoms with van der Waals surface area (Å²) in [6.45, 7) is 5.71. The molecule has 0 radical (unpaired) electrons. The Labute approximate surface area is 144 Å². The van der Waals surface area contributed by atoms with E-state index in [1.165, 1.54) is 6.92 Å². The minimum atomic E-state index is -5.69. The van der Waals surface area contributed by atoms with Gasteiger partial charge in [-0.05, 0) is 44.9 Å². The third-order valence-corrected chi connectivity index (χ3v) is 5.83. The molecule has 5 atom stereocenters. The Morgan fingerprint density at radius 1 is 1.24 bits per heavy atom. The molecule has 2 aliphatic carbocycles. The van der Waals surface area contributed by atoms with Crippen molar-refractivity contribution in [3.8, 4) is 0 Å². The van der Waals surface area contributed by atoms with Gasteiger partial charge in [0.1, 0.15) is 6.10 Å². The molecule has 0 aliphatic heterocycles. The summed E-state index contributed by atoms with van der Waals surface area (Å²) < 4.78 is 66.7. The highest BCUT2D eigenvalue weighted by molar-refractivity contribution is 7.86. The van der Waals surface area contributed by atoms with Gasteiger partial charge in [-0.1, -0.05) is 6.58 Å². The van der Waals surface area contributed by atoms with Crippen LogP contribution in [0, 0.1) is 17.8 Å². The fourth-order valence-corrected chi connectivity index (χ4v) is 3.90. The van der Waals surface area contributed by atoms with Gasteiger partial charge in [-0.25, -0.2) is 4.79 Å². The molecule has 0 aromatic heterocycles. The summed E-state index contributed by atoms with van der Waals surface area (Å²) in [5.74, 6) is -2.38. The Morgan fingerprint density at radius 2 is 1.84 bits per heavy atom. The normalized spacial score (nSPS) is 30.0. The molecule has 0 amide bonds. The summed E-state index contributed by atoms with van der Waals surface area (Å²) in [6.07, 6.45) is -1.35. The van der Waals surface area contributed by atoms with Gasteiger partial charge in [-0.15, -0.1) is 0 Å². The number of alkyl halides is 2. The highest BCUT2D eigenvalue weighted by Gasteiger charge is 2.55. The fourth-order valence-electron chi connectivity index (χ4n) is 3.43. The summed E-state index contributed by atoms with van der Waals surface area (Å²) in [6, 6.07) is 0. The topological polar surface area (TPSA) is 107 Å². The Bertz CT molecular complexity index is 688. The van der Waals surface area contributed by atoms with E-state index in [4.69, 9.17) is 9.29 Å². The molecule has 2 aliphatic rings. The lowest BCUT2D eigenvalue weighted by atomic mass is 9.87. The molecule has 0 heterocycles. The zero-order valence-electron chi connectivity index (χ0n) is 13.8. The van der Waals surface area contributed by atoms with Crippen molar-refractivity contribution in [1.82, 2.24) is 0 Å². The zero-order valence-corrected chi connectivity index (χ0v) is 14.6. The van der Waals surface area contributed by atoms with E-state index in [0.717, 1.165) is 0 Å². The second-order valence-electron chi connectivity index (χ2n) is 6.67. The Kier molecular flexibility index (Phi) is 5.25. The first-order chi connectivity index (χ1) is 11.3. The van der Waals surface area contributed by atoms with Gasteiger partial charge in [-0.3, -0.25) is 9.35 Å². The molecule has 25 heavy (non-hydrogen) atoms. The molecule has 2 bridgehead atoms. The summed E-state index contributed by atoms with van der Waals surface area (Å²) in [7, 11) is -5.69. The number of carbonyl (C=O) groups is 2. The lowest BCUT2D eigenvalue weighted by Crippen LogP contribution is -2.43. The van der Waals surface area contributed by atoms with Gasteiger partial charge in [0.2, 0.25) is 0 Å². The van der Waals surface area contributed by atoms with Gasteiger partial charge >= 0.3 is 27.3 Å². The molecule has 7 nitrogen and oxygen atoms in total. The molecule has 2 fully saturated rings. The van der Waals surface area contributed by atoms with Gasteiger partial charge < -0.3 is 9.47 Å². The fraction of sp³-hybridized carbons (Fsp3) is 0.733. The van der Waals surface area contributed by atoms with Crippen LogP contribution < -0.4 is 0 Å². The lowest BCUT2D eigenvalue weighted by molar-refractivity contribution is -0.167. The number of hydrogen-bond acceptors (Lipinski definition) is 6. The highest BCUT2D eigenvalue weighted by Crippen LogP contribution is 2.50. The van der Waals surface area contributed by atoms with Crippen LogP contribution >= 0.6 is 0 Å². The van der Waals surface area contributed by atoms with E-state index < -0.39 is 39.3 Å². The third-order valence-electron chi connectivity index (χ3n) is 4.81. The van der Waals surface area contributed by atoms with Gasteiger partial charge in [0.05, 0.1) is 5.92 Å². The van der Waals surface area contributed by atoms with Crippen LogP contribution in [-0.4, -0.2) is 42.4 Å². The SMILES string of the molecule is C=C(C)C(=O)OC1CC2CC1CC2C(=O)OC(C)C(F)(F)S(=O)(=O)O. The maximum atomic E-state index is 13.5. The largest absolute Gasteiger partial charge is 0.459 e. The molecule has 2 rings (SSSR count). The number of ether oxygens (including phenoxy) is 2. The van der Waals surface area contributed by atoms with E-state index >= 15 is 0 Å². The first kappa shape index (κ1) is 19.8. The van der Waals surface area contributed by atoms with Crippen LogP contribution in [0.15, 0.2) is 12.2 Å². The van der Waals surface area contributed by atoms with Crippen molar-refractivity contribution in [1.29, 1.82) is 0 Å². The van der Waals surface area contributed by atoms with Crippen molar-refractivity contribution in [3.05, 3.63) is 12.2 Å². The molecule has 0 aromatic rings. The Morgan fingerprint density at radius 3 is 2.28 bits per heavy atom. The van der Waals surface area contributed by atoms with Crippen LogP contribution in [0.3, 0.4) is 0 Å². The monoisotopic (exact) mass is 382 g/mol. The van der Waals surface area contributed by atoms with Crippen LogP contribution in [0.4, 0.5) is 8.78 Å². The molecule has 10 heteroatoms. The van der Waals surface area contributed by atoms with Crippen molar-refractivity contribution in [2.75, 3.05) is 0 Å². The summed E-state index contributed by atoms with van der Waals surface area (Å²) in [5.41, 5.74) is 0.264. The van der Waals surface area contributed by atoms with Crippen LogP contribution in [0.25, 0.3) is 0 Å². The van der Waals surface area contributed by atoms with Crippen molar-refractivity contribution in [3.63, 3.8) is 0 Å². The van der Waals surface area contributed by atoms with E-state index in [2.05, 4.69) is 11.3 Å². The van der Waals surface area contributed by atoms with Gasteiger partial charge in [0.25, 0.3) is 0 Å². The molecular formula is C15H20F2O7S. The second-order valence-corrected chi connectivity index (χ2v) is 8.17. The third kappa shape index (κ3) is 3.84. The molecule has 0 spiro atoms.